The van der Waals surface area contributed by atoms with Crippen molar-refractivity contribution in [2.75, 3.05) is 40.0 Å². The van der Waals surface area contributed by atoms with E-state index in [0.717, 1.165) is 95.6 Å². The normalized spacial score (nSPS) is 14.9. The standard InChI is InChI=1S/C55H105NO5/c1-7-11-15-26-34-50(35-27-16-12-8-2)42-45-59-49(5)33-25-21-19-22-30-38-52(48-61-55(58)53-41-44-56(6)47-53)39-31-23-20-24-32-40-54(57)60-46-43-51(36-28-17-13-9-3)37-29-18-14-10-4/h50-53H,5,7-48H2,1-4,6H3. The highest BCUT2D eigenvalue weighted by Gasteiger charge is 2.28. The Labute approximate surface area is 380 Å². The van der Waals surface area contributed by atoms with Crippen LogP contribution in [0.1, 0.15) is 265 Å². The van der Waals surface area contributed by atoms with Crippen molar-refractivity contribution in [2.24, 2.45) is 23.7 Å². The SMILES string of the molecule is C=C(CCCCCCCC(CCCCCCCC(=O)OCCC(CCCCCC)CCCCCC)COC(=O)C1CCN(C)C1)OCCC(CCCCCC)CCCCCC. The van der Waals surface area contributed by atoms with E-state index >= 15 is 0 Å². The summed E-state index contributed by atoms with van der Waals surface area (Å²) in [7, 11) is 2.09. The number of likely N-dealkylation sites (tertiary alicyclic amines) is 1. The van der Waals surface area contributed by atoms with E-state index in [0.29, 0.717) is 31.5 Å². The second kappa shape index (κ2) is 42.4. The summed E-state index contributed by atoms with van der Waals surface area (Å²) in [5.74, 6) is 2.97. The number of allylic oxidation sites excluding steroid dienone is 1. The number of rotatable bonds is 46. The molecule has 0 spiro atoms. The van der Waals surface area contributed by atoms with Gasteiger partial charge >= 0.3 is 11.9 Å². The van der Waals surface area contributed by atoms with Gasteiger partial charge in [0.25, 0.3) is 0 Å². The minimum Gasteiger partial charge on any atom is -0.499 e. The molecule has 1 rings (SSSR count). The topological polar surface area (TPSA) is 65.1 Å². The summed E-state index contributed by atoms with van der Waals surface area (Å²) in [6.07, 6.45) is 45.2. The predicted octanol–water partition coefficient (Wildman–Crippen LogP) is 16.5. The largest absolute Gasteiger partial charge is 0.499 e. The Bertz CT molecular complexity index is 917. The number of esters is 2. The van der Waals surface area contributed by atoms with Gasteiger partial charge in [0.05, 0.1) is 31.5 Å². The van der Waals surface area contributed by atoms with Gasteiger partial charge in [0.1, 0.15) is 0 Å². The van der Waals surface area contributed by atoms with Crippen LogP contribution in [0.4, 0.5) is 0 Å². The maximum atomic E-state index is 12.9. The van der Waals surface area contributed by atoms with Crippen molar-refractivity contribution in [1.82, 2.24) is 4.90 Å². The van der Waals surface area contributed by atoms with Gasteiger partial charge < -0.3 is 19.1 Å². The number of hydrogen-bond donors (Lipinski definition) is 0. The third-order valence-corrected chi connectivity index (χ3v) is 13.7. The van der Waals surface area contributed by atoms with E-state index in [1.54, 1.807) is 0 Å². The summed E-state index contributed by atoms with van der Waals surface area (Å²) in [6.45, 7) is 17.2. The average molecular weight is 860 g/mol. The molecule has 6 nitrogen and oxygen atoms in total. The second-order valence-electron chi connectivity index (χ2n) is 19.7. The van der Waals surface area contributed by atoms with Gasteiger partial charge in [0.2, 0.25) is 0 Å². The molecule has 0 aromatic carbocycles. The molecule has 1 heterocycles. The summed E-state index contributed by atoms with van der Waals surface area (Å²) < 4.78 is 17.8. The molecular weight excluding hydrogens is 755 g/mol. The maximum absolute atomic E-state index is 12.9. The summed E-state index contributed by atoms with van der Waals surface area (Å²) in [6, 6.07) is 0. The van der Waals surface area contributed by atoms with Gasteiger partial charge in [-0.3, -0.25) is 9.59 Å². The lowest BCUT2D eigenvalue weighted by atomic mass is 9.92. The molecule has 0 N–H and O–H groups in total. The zero-order valence-corrected chi connectivity index (χ0v) is 41.7. The lowest BCUT2D eigenvalue weighted by Gasteiger charge is -2.19. The first-order chi connectivity index (χ1) is 29.8. The molecule has 0 aromatic heterocycles. The van der Waals surface area contributed by atoms with Crippen molar-refractivity contribution in [3.63, 3.8) is 0 Å². The Hall–Kier alpha value is -1.56. The predicted molar refractivity (Wildman–Crippen MR) is 262 cm³/mol. The van der Waals surface area contributed by atoms with Crippen LogP contribution in [0.3, 0.4) is 0 Å². The molecule has 1 aliphatic heterocycles. The van der Waals surface area contributed by atoms with Crippen LogP contribution in [0.2, 0.25) is 0 Å². The zero-order chi connectivity index (χ0) is 44.4. The van der Waals surface area contributed by atoms with Crippen molar-refractivity contribution >= 4 is 11.9 Å². The molecule has 2 unspecified atom stereocenters. The summed E-state index contributed by atoms with van der Waals surface area (Å²) in [4.78, 5) is 27.6. The van der Waals surface area contributed by atoms with Gasteiger partial charge in [-0.2, -0.15) is 0 Å². The van der Waals surface area contributed by atoms with Crippen LogP contribution in [0.15, 0.2) is 12.3 Å². The van der Waals surface area contributed by atoms with Gasteiger partial charge in [-0.1, -0.05) is 214 Å². The summed E-state index contributed by atoms with van der Waals surface area (Å²) in [5, 5.41) is 0. The van der Waals surface area contributed by atoms with E-state index < -0.39 is 0 Å². The van der Waals surface area contributed by atoms with E-state index in [9.17, 15) is 9.59 Å². The molecule has 61 heavy (non-hydrogen) atoms. The molecular formula is C55H105NO5. The quantitative estimate of drug-likeness (QED) is 0.0345. The number of hydrogen-bond acceptors (Lipinski definition) is 6. The molecule has 360 valence electrons. The smallest absolute Gasteiger partial charge is 0.310 e. The van der Waals surface area contributed by atoms with Gasteiger partial charge in [0, 0.05) is 19.4 Å². The molecule has 0 amide bonds. The fraction of sp³-hybridized carbons (Fsp3) is 0.927. The van der Waals surface area contributed by atoms with Crippen LogP contribution in [-0.2, 0) is 23.8 Å². The summed E-state index contributed by atoms with van der Waals surface area (Å²) in [5.41, 5.74) is 0. The molecule has 0 radical (unpaired) electrons. The third-order valence-electron chi connectivity index (χ3n) is 13.7. The first-order valence-corrected chi connectivity index (χ1v) is 27.1. The third kappa shape index (κ3) is 35.5. The lowest BCUT2D eigenvalue weighted by molar-refractivity contribution is -0.149. The minimum absolute atomic E-state index is 0.00706. The lowest BCUT2D eigenvalue weighted by Crippen LogP contribution is -2.24. The molecule has 2 atom stereocenters. The number of nitrogens with zero attached hydrogens (tertiary/aromatic N) is 1. The average Bonchev–Trinajstić information content (AvgIpc) is 3.70. The minimum atomic E-state index is -0.00962. The van der Waals surface area contributed by atoms with Crippen molar-refractivity contribution in [3.8, 4) is 0 Å². The van der Waals surface area contributed by atoms with E-state index in [2.05, 4.69) is 46.2 Å². The molecule has 0 aliphatic carbocycles. The fourth-order valence-electron chi connectivity index (χ4n) is 9.43. The van der Waals surface area contributed by atoms with E-state index in [1.807, 2.05) is 0 Å². The number of carbonyl (C=O) groups excluding carboxylic acids is 2. The van der Waals surface area contributed by atoms with Gasteiger partial charge in [-0.05, 0) is 76.3 Å². The van der Waals surface area contributed by atoms with Crippen LogP contribution in [0.25, 0.3) is 0 Å². The highest BCUT2D eigenvalue weighted by molar-refractivity contribution is 5.73. The monoisotopic (exact) mass is 860 g/mol. The second-order valence-corrected chi connectivity index (χ2v) is 19.7. The summed E-state index contributed by atoms with van der Waals surface area (Å²) >= 11 is 0. The van der Waals surface area contributed by atoms with Gasteiger partial charge in [-0.15, -0.1) is 0 Å². The van der Waals surface area contributed by atoms with Crippen LogP contribution in [-0.4, -0.2) is 56.8 Å². The van der Waals surface area contributed by atoms with Gasteiger partial charge in [0.15, 0.2) is 0 Å². The Morgan fingerprint density at radius 3 is 1.33 bits per heavy atom. The van der Waals surface area contributed by atoms with Crippen LogP contribution in [0.5, 0.6) is 0 Å². The van der Waals surface area contributed by atoms with Crippen LogP contribution in [0, 0.1) is 23.7 Å². The first kappa shape index (κ1) is 57.5. The van der Waals surface area contributed by atoms with Gasteiger partial charge in [-0.25, -0.2) is 0 Å². The molecule has 0 aromatic rings. The molecule has 1 saturated heterocycles. The maximum Gasteiger partial charge on any atom is 0.310 e. The van der Waals surface area contributed by atoms with Crippen molar-refractivity contribution in [1.29, 1.82) is 0 Å². The highest BCUT2D eigenvalue weighted by atomic mass is 16.5. The van der Waals surface area contributed by atoms with E-state index in [1.165, 1.54) is 167 Å². The van der Waals surface area contributed by atoms with E-state index in [-0.39, 0.29) is 17.9 Å². The fourth-order valence-corrected chi connectivity index (χ4v) is 9.43. The molecule has 1 aliphatic rings. The number of ether oxygens (including phenoxy) is 3. The Morgan fingerprint density at radius 1 is 0.492 bits per heavy atom. The molecule has 6 heteroatoms. The highest BCUT2D eigenvalue weighted by Crippen LogP contribution is 2.25. The molecule has 1 fully saturated rings. The Balaban J connectivity index is 2.31. The van der Waals surface area contributed by atoms with Crippen molar-refractivity contribution < 1.29 is 23.8 Å². The molecule has 0 saturated carbocycles. The van der Waals surface area contributed by atoms with Crippen LogP contribution < -0.4 is 0 Å². The zero-order valence-electron chi connectivity index (χ0n) is 41.7. The Morgan fingerprint density at radius 2 is 0.885 bits per heavy atom. The van der Waals surface area contributed by atoms with Crippen molar-refractivity contribution in [2.45, 2.75) is 265 Å². The van der Waals surface area contributed by atoms with Crippen LogP contribution >= 0.6 is 0 Å². The van der Waals surface area contributed by atoms with Crippen molar-refractivity contribution in [3.05, 3.63) is 12.3 Å². The molecule has 0 bridgehead atoms. The van der Waals surface area contributed by atoms with E-state index in [4.69, 9.17) is 14.2 Å². The Kier molecular flexibility index (Phi) is 39.9. The number of carbonyl (C=O) groups is 2. The number of unbranched alkanes of at least 4 members (excludes halogenated alkanes) is 20. The first-order valence-electron chi connectivity index (χ1n) is 27.1.